The topological polar surface area (TPSA) is 126 Å². The molecule has 1 aliphatic rings. The van der Waals surface area contributed by atoms with Crippen LogP contribution in [0.4, 0.5) is 11.4 Å². The van der Waals surface area contributed by atoms with Crippen molar-refractivity contribution < 1.29 is 24.2 Å². The van der Waals surface area contributed by atoms with Gasteiger partial charge in [-0.3, -0.25) is 14.5 Å². The maximum atomic E-state index is 12.7. The Kier molecular flexibility index (Phi) is 14.4. The van der Waals surface area contributed by atoms with Gasteiger partial charge in [-0.25, -0.2) is 0 Å². The van der Waals surface area contributed by atoms with Crippen LogP contribution in [0.2, 0.25) is 0 Å². The third-order valence-electron chi connectivity index (χ3n) is 11.5. The quantitative estimate of drug-likeness (QED) is 0.0534. The van der Waals surface area contributed by atoms with Gasteiger partial charge in [-0.2, -0.15) is 0 Å². The van der Waals surface area contributed by atoms with Gasteiger partial charge >= 0.3 is 0 Å². The standard InChI is InChI=1S/C51H56N4O5/c1-35(42-28-25-38-12-6-7-13-44(38)30-42)55(2)33-45-31-48(40-21-19-36(34-56)20-22-40)60-51(59-45)41-26-23-39(24-27-41)43-14-10-11-37(29-43)32-53-49(57)17-4-3-5-18-50(58)54-47-16-9-8-15-46(47)52/h6-16,19-30,35,45,48,51,56H,3-5,17-18,31-34,52H2,1-2H3,(H,53,57)(H,54,58)/t35-,45-,48+,51+/m1/s1. The number of fused-ring (bicyclic) bond motifs is 1. The summed E-state index contributed by atoms with van der Waals surface area (Å²) in [5, 5.41) is 18.0. The maximum absolute atomic E-state index is 12.7. The van der Waals surface area contributed by atoms with Gasteiger partial charge in [0, 0.05) is 44.0 Å². The third-order valence-corrected chi connectivity index (χ3v) is 11.5. The summed E-state index contributed by atoms with van der Waals surface area (Å²) < 4.78 is 13.4. The molecule has 1 saturated heterocycles. The molecule has 4 atom stereocenters. The number of amides is 2. The highest BCUT2D eigenvalue weighted by atomic mass is 16.7. The predicted octanol–water partition coefficient (Wildman–Crippen LogP) is 10.0. The number of para-hydroxylation sites is 2. The van der Waals surface area contributed by atoms with Crippen molar-refractivity contribution in [1.82, 2.24) is 10.2 Å². The number of nitrogens with one attached hydrogen (secondary N) is 2. The van der Waals surface area contributed by atoms with E-state index in [1.165, 1.54) is 16.3 Å². The zero-order chi connectivity index (χ0) is 41.8. The second kappa shape index (κ2) is 20.4. The van der Waals surface area contributed by atoms with E-state index in [0.717, 1.165) is 46.3 Å². The van der Waals surface area contributed by atoms with E-state index in [-0.39, 0.29) is 36.7 Å². The molecule has 0 aliphatic carbocycles. The van der Waals surface area contributed by atoms with Gasteiger partial charge in [0.25, 0.3) is 0 Å². The van der Waals surface area contributed by atoms with E-state index < -0.39 is 6.29 Å². The SMILES string of the molecule is C[C@H](c1ccc2ccccc2c1)N(C)C[C@H]1C[C@@H](c2ccc(CO)cc2)O[C@@H](c2ccc(-c3cccc(CNC(=O)CCCCCC(=O)Nc4ccccc4N)c3)cc2)O1. The van der Waals surface area contributed by atoms with Crippen LogP contribution in [0.1, 0.15) is 91.7 Å². The molecule has 6 aromatic rings. The molecule has 60 heavy (non-hydrogen) atoms. The molecule has 0 aromatic heterocycles. The molecule has 1 heterocycles. The lowest BCUT2D eigenvalue weighted by Crippen LogP contribution is -2.38. The van der Waals surface area contributed by atoms with E-state index in [2.05, 4.69) is 108 Å². The lowest BCUT2D eigenvalue weighted by atomic mass is 9.98. The van der Waals surface area contributed by atoms with Crippen molar-refractivity contribution in [3.8, 4) is 11.1 Å². The fourth-order valence-corrected chi connectivity index (χ4v) is 7.79. The van der Waals surface area contributed by atoms with Gasteiger partial charge < -0.3 is 30.9 Å². The lowest BCUT2D eigenvalue weighted by Gasteiger charge is -2.39. The number of aliphatic hydroxyl groups excluding tert-OH is 1. The Labute approximate surface area is 353 Å². The van der Waals surface area contributed by atoms with E-state index in [0.29, 0.717) is 50.0 Å². The number of hydrogen-bond donors (Lipinski definition) is 4. The van der Waals surface area contributed by atoms with Crippen LogP contribution in [-0.4, -0.2) is 41.5 Å². The van der Waals surface area contributed by atoms with E-state index in [1.807, 2.05) is 48.5 Å². The van der Waals surface area contributed by atoms with E-state index >= 15 is 0 Å². The first-order valence-electron chi connectivity index (χ1n) is 21.0. The van der Waals surface area contributed by atoms with Crippen molar-refractivity contribution in [2.45, 2.75) is 83.1 Å². The Morgan fingerprint density at radius 2 is 1.45 bits per heavy atom. The Balaban J connectivity index is 0.936. The van der Waals surface area contributed by atoms with Gasteiger partial charge in [-0.1, -0.05) is 122 Å². The molecular formula is C51H56N4O5. The number of carbonyl (C=O) groups excluding carboxylic acids is 2. The second-order valence-corrected chi connectivity index (χ2v) is 15.9. The van der Waals surface area contributed by atoms with Crippen molar-refractivity contribution >= 4 is 34.0 Å². The molecule has 0 unspecified atom stereocenters. The first-order chi connectivity index (χ1) is 29.2. The minimum atomic E-state index is -0.558. The maximum Gasteiger partial charge on any atom is 0.224 e. The van der Waals surface area contributed by atoms with E-state index in [9.17, 15) is 14.7 Å². The molecule has 1 fully saturated rings. The van der Waals surface area contributed by atoms with Crippen LogP contribution in [0.3, 0.4) is 0 Å². The van der Waals surface area contributed by atoms with Crippen LogP contribution in [0.15, 0.2) is 140 Å². The first kappa shape index (κ1) is 42.3. The zero-order valence-electron chi connectivity index (χ0n) is 34.6. The summed E-state index contributed by atoms with van der Waals surface area (Å²) in [6, 6.07) is 47.1. The van der Waals surface area contributed by atoms with Gasteiger partial charge in [0.1, 0.15) is 0 Å². The van der Waals surface area contributed by atoms with Crippen molar-refractivity contribution in [3.05, 3.63) is 167 Å². The Morgan fingerprint density at radius 1 is 0.733 bits per heavy atom. The molecular weight excluding hydrogens is 749 g/mol. The molecule has 2 amide bonds. The third kappa shape index (κ3) is 11.2. The highest BCUT2D eigenvalue weighted by Gasteiger charge is 2.33. The number of likely N-dealkylation sites (N-methyl/N-ethyl adjacent to an activating group) is 1. The lowest BCUT2D eigenvalue weighted by molar-refractivity contribution is -0.253. The molecule has 9 nitrogen and oxygen atoms in total. The number of benzene rings is 6. The monoisotopic (exact) mass is 804 g/mol. The average Bonchev–Trinajstić information content (AvgIpc) is 3.28. The fourth-order valence-electron chi connectivity index (χ4n) is 7.79. The molecule has 6 aromatic carbocycles. The van der Waals surface area contributed by atoms with Crippen LogP contribution in [0.25, 0.3) is 21.9 Å². The number of unbranched alkanes of at least 4 members (excludes halogenated alkanes) is 2. The van der Waals surface area contributed by atoms with Gasteiger partial charge in [0.2, 0.25) is 11.8 Å². The Hall–Kier alpha value is -5.84. The highest BCUT2D eigenvalue weighted by molar-refractivity contribution is 5.93. The van der Waals surface area contributed by atoms with Crippen LogP contribution in [-0.2, 0) is 32.2 Å². The predicted molar refractivity (Wildman–Crippen MR) is 240 cm³/mol. The largest absolute Gasteiger partial charge is 0.397 e. The summed E-state index contributed by atoms with van der Waals surface area (Å²) in [4.78, 5) is 27.3. The van der Waals surface area contributed by atoms with E-state index in [1.54, 1.807) is 12.1 Å². The molecule has 5 N–H and O–H groups in total. The van der Waals surface area contributed by atoms with Gasteiger partial charge in [0.05, 0.1) is 30.2 Å². The summed E-state index contributed by atoms with van der Waals surface area (Å²) in [5.41, 5.74) is 14.3. The normalized spacial score (nSPS) is 17.0. The molecule has 0 bridgehead atoms. The van der Waals surface area contributed by atoms with Crippen LogP contribution in [0.5, 0.6) is 0 Å². The van der Waals surface area contributed by atoms with Gasteiger partial charge in [-0.15, -0.1) is 0 Å². The summed E-state index contributed by atoms with van der Waals surface area (Å²) in [6.07, 6.45) is 2.88. The van der Waals surface area contributed by atoms with Crippen molar-refractivity contribution in [3.63, 3.8) is 0 Å². The Bertz CT molecular complexity index is 2350. The summed E-state index contributed by atoms with van der Waals surface area (Å²) in [5.74, 6) is -0.0811. The number of nitrogens with two attached hydrogens (primary N) is 1. The Morgan fingerprint density at radius 3 is 2.22 bits per heavy atom. The van der Waals surface area contributed by atoms with Crippen molar-refractivity contribution in [2.24, 2.45) is 0 Å². The molecule has 0 radical (unpaired) electrons. The average molecular weight is 805 g/mol. The number of anilines is 2. The first-order valence-corrected chi connectivity index (χ1v) is 21.0. The number of aliphatic hydroxyl groups is 1. The van der Waals surface area contributed by atoms with E-state index in [4.69, 9.17) is 15.2 Å². The smallest absolute Gasteiger partial charge is 0.224 e. The molecule has 310 valence electrons. The number of carbonyl (C=O) groups is 2. The zero-order valence-corrected chi connectivity index (χ0v) is 34.6. The molecule has 1 aliphatic heterocycles. The van der Waals surface area contributed by atoms with Crippen LogP contribution >= 0.6 is 0 Å². The van der Waals surface area contributed by atoms with Crippen molar-refractivity contribution in [2.75, 3.05) is 24.6 Å². The fraction of sp³-hybridized carbons (Fsp3) is 0.294. The molecule has 7 rings (SSSR count). The number of rotatable bonds is 17. The highest BCUT2D eigenvalue weighted by Crippen LogP contribution is 2.39. The molecule has 0 saturated carbocycles. The minimum absolute atomic E-state index is 0.00152. The van der Waals surface area contributed by atoms with Crippen molar-refractivity contribution in [1.29, 1.82) is 0 Å². The number of hydrogen-bond acceptors (Lipinski definition) is 7. The number of ether oxygens (including phenoxy) is 2. The molecule has 0 spiro atoms. The van der Waals surface area contributed by atoms with Crippen LogP contribution in [0, 0.1) is 0 Å². The van der Waals surface area contributed by atoms with Gasteiger partial charge in [0.15, 0.2) is 6.29 Å². The molecule has 9 heteroatoms. The summed E-state index contributed by atoms with van der Waals surface area (Å²) >= 11 is 0. The number of nitrogen functional groups attached to an aromatic ring is 1. The minimum Gasteiger partial charge on any atom is -0.397 e. The summed E-state index contributed by atoms with van der Waals surface area (Å²) in [7, 11) is 2.16. The number of nitrogens with zero attached hydrogens (tertiary/aromatic N) is 1. The van der Waals surface area contributed by atoms with Gasteiger partial charge in [-0.05, 0) is 95.2 Å². The van der Waals surface area contributed by atoms with Crippen LogP contribution < -0.4 is 16.4 Å². The summed E-state index contributed by atoms with van der Waals surface area (Å²) in [6.45, 7) is 3.40. The second-order valence-electron chi connectivity index (χ2n) is 15.9.